The first-order valence-electron chi connectivity index (χ1n) is 5.63. The van der Waals surface area contributed by atoms with Crippen LogP contribution in [0.1, 0.15) is 19.4 Å². The Bertz CT molecular complexity index is 406. The van der Waals surface area contributed by atoms with Crippen molar-refractivity contribution >= 4 is 17.4 Å². The number of ketones is 1. The largest absolute Gasteiger partial charge is 0.330 e. The minimum absolute atomic E-state index is 0.00926. The predicted octanol–water partition coefficient (Wildman–Crippen LogP) is 2.82. The second-order valence-corrected chi connectivity index (χ2v) is 4.82. The Hall–Kier alpha value is -0.930. The molecule has 0 aromatic heterocycles. The second kappa shape index (κ2) is 6.12. The summed E-state index contributed by atoms with van der Waals surface area (Å²) in [6, 6.07) is 4.49. The van der Waals surface area contributed by atoms with E-state index in [0.717, 1.165) is 0 Å². The van der Waals surface area contributed by atoms with E-state index >= 15 is 0 Å². The monoisotopic (exact) mass is 257 g/mol. The van der Waals surface area contributed by atoms with Gasteiger partial charge in [-0.1, -0.05) is 37.6 Å². The molecule has 0 radical (unpaired) electrons. The van der Waals surface area contributed by atoms with Crippen LogP contribution in [0.4, 0.5) is 4.39 Å². The molecule has 4 heteroatoms. The maximum absolute atomic E-state index is 13.2. The minimum Gasteiger partial charge on any atom is -0.330 e. The molecule has 1 atom stereocenters. The van der Waals surface area contributed by atoms with E-state index in [1.165, 1.54) is 6.07 Å². The standard InChI is InChI=1S/C13H17ClFNO/c1-8(2)10(7-16)12(17)6-9-4-3-5-11(15)13(9)14/h3-5,8,10H,6-7,16H2,1-2H3. The molecule has 0 amide bonds. The lowest BCUT2D eigenvalue weighted by Gasteiger charge is -2.17. The van der Waals surface area contributed by atoms with Crippen LogP contribution < -0.4 is 5.73 Å². The summed E-state index contributed by atoms with van der Waals surface area (Å²) >= 11 is 5.81. The quantitative estimate of drug-likeness (QED) is 0.881. The number of hydrogen-bond donors (Lipinski definition) is 1. The lowest BCUT2D eigenvalue weighted by Crippen LogP contribution is -2.29. The SMILES string of the molecule is CC(C)C(CN)C(=O)Cc1cccc(F)c1Cl. The molecule has 0 bridgehead atoms. The zero-order valence-corrected chi connectivity index (χ0v) is 10.8. The van der Waals surface area contributed by atoms with Crippen molar-refractivity contribution in [2.75, 3.05) is 6.54 Å². The highest BCUT2D eigenvalue weighted by molar-refractivity contribution is 6.31. The smallest absolute Gasteiger partial charge is 0.142 e. The van der Waals surface area contributed by atoms with E-state index in [9.17, 15) is 9.18 Å². The molecule has 0 aliphatic heterocycles. The summed E-state index contributed by atoms with van der Waals surface area (Å²) in [6.07, 6.45) is 0.136. The van der Waals surface area contributed by atoms with E-state index in [-0.39, 0.29) is 29.1 Å². The van der Waals surface area contributed by atoms with Crippen molar-refractivity contribution < 1.29 is 9.18 Å². The number of benzene rings is 1. The summed E-state index contributed by atoms with van der Waals surface area (Å²) in [5, 5.41) is 0.0281. The summed E-state index contributed by atoms with van der Waals surface area (Å²) in [5.41, 5.74) is 6.09. The summed E-state index contributed by atoms with van der Waals surface area (Å²) < 4.78 is 13.2. The van der Waals surface area contributed by atoms with Gasteiger partial charge in [0, 0.05) is 18.9 Å². The third-order valence-corrected chi connectivity index (χ3v) is 3.29. The minimum atomic E-state index is -0.495. The van der Waals surface area contributed by atoms with Gasteiger partial charge >= 0.3 is 0 Å². The molecule has 2 N–H and O–H groups in total. The fourth-order valence-corrected chi connectivity index (χ4v) is 1.97. The highest BCUT2D eigenvalue weighted by Gasteiger charge is 2.21. The predicted molar refractivity (Wildman–Crippen MR) is 67.5 cm³/mol. The van der Waals surface area contributed by atoms with Crippen molar-refractivity contribution in [3.8, 4) is 0 Å². The summed E-state index contributed by atoms with van der Waals surface area (Å²) in [7, 11) is 0. The molecule has 0 aliphatic carbocycles. The van der Waals surface area contributed by atoms with Crippen LogP contribution in [0.15, 0.2) is 18.2 Å². The van der Waals surface area contributed by atoms with Gasteiger partial charge in [0.15, 0.2) is 0 Å². The molecule has 1 rings (SSSR count). The Morgan fingerprint density at radius 1 is 1.47 bits per heavy atom. The van der Waals surface area contributed by atoms with E-state index in [4.69, 9.17) is 17.3 Å². The van der Waals surface area contributed by atoms with Gasteiger partial charge in [-0.15, -0.1) is 0 Å². The topological polar surface area (TPSA) is 43.1 Å². The Balaban J connectivity index is 2.84. The van der Waals surface area contributed by atoms with Gasteiger partial charge in [-0.3, -0.25) is 4.79 Å². The van der Waals surface area contributed by atoms with E-state index in [1.807, 2.05) is 13.8 Å². The van der Waals surface area contributed by atoms with Gasteiger partial charge in [-0.25, -0.2) is 4.39 Å². The van der Waals surface area contributed by atoms with Crippen molar-refractivity contribution in [2.45, 2.75) is 20.3 Å². The number of carbonyl (C=O) groups is 1. The van der Waals surface area contributed by atoms with Crippen molar-refractivity contribution in [1.82, 2.24) is 0 Å². The van der Waals surface area contributed by atoms with E-state index in [1.54, 1.807) is 12.1 Å². The fourth-order valence-electron chi connectivity index (χ4n) is 1.78. The van der Waals surface area contributed by atoms with E-state index < -0.39 is 5.82 Å². The van der Waals surface area contributed by atoms with Crippen LogP contribution in [0.25, 0.3) is 0 Å². The number of rotatable bonds is 5. The van der Waals surface area contributed by atoms with Crippen molar-refractivity contribution in [2.24, 2.45) is 17.6 Å². The Kier molecular flexibility index (Phi) is 5.09. The molecular weight excluding hydrogens is 241 g/mol. The van der Waals surface area contributed by atoms with E-state index in [2.05, 4.69) is 0 Å². The number of halogens is 2. The first-order valence-corrected chi connectivity index (χ1v) is 6.00. The van der Waals surface area contributed by atoms with Crippen LogP contribution in [-0.2, 0) is 11.2 Å². The molecule has 2 nitrogen and oxygen atoms in total. The average molecular weight is 258 g/mol. The first-order chi connectivity index (χ1) is 7.97. The Labute approximate surface area is 106 Å². The second-order valence-electron chi connectivity index (χ2n) is 4.44. The molecule has 0 fully saturated rings. The number of Topliss-reactive ketones (excluding diaryl/α,β-unsaturated/α-hetero) is 1. The maximum atomic E-state index is 13.2. The van der Waals surface area contributed by atoms with Gasteiger partial charge in [-0.05, 0) is 17.5 Å². The molecule has 1 aromatic carbocycles. The molecule has 0 aliphatic rings. The van der Waals surface area contributed by atoms with Crippen LogP contribution in [0.3, 0.4) is 0 Å². The maximum Gasteiger partial charge on any atom is 0.142 e. The molecule has 0 saturated carbocycles. The van der Waals surface area contributed by atoms with Crippen LogP contribution in [0.5, 0.6) is 0 Å². The van der Waals surface area contributed by atoms with Crippen LogP contribution >= 0.6 is 11.6 Å². The molecular formula is C13H17ClFNO. The lowest BCUT2D eigenvalue weighted by molar-refractivity contribution is -0.123. The highest BCUT2D eigenvalue weighted by Crippen LogP contribution is 2.22. The van der Waals surface area contributed by atoms with Crippen molar-refractivity contribution in [3.05, 3.63) is 34.6 Å². The molecule has 0 spiro atoms. The van der Waals surface area contributed by atoms with Crippen LogP contribution in [-0.4, -0.2) is 12.3 Å². The zero-order valence-electron chi connectivity index (χ0n) is 10.0. The third kappa shape index (κ3) is 3.51. The van der Waals surface area contributed by atoms with Crippen LogP contribution in [0, 0.1) is 17.7 Å². The van der Waals surface area contributed by atoms with Gasteiger partial charge in [0.2, 0.25) is 0 Å². The average Bonchev–Trinajstić information content (AvgIpc) is 2.25. The number of hydrogen-bond acceptors (Lipinski definition) is 2. The fraction of sp³-hybridized carbons (Fsp3) is 0.462. The lowest BCUT2D eigenvalue weighted by atomic mass is 9.88. The Morgan fingerprint density at radius 3 is 2.65 bits per heavy atom. The van der Waals surface area contributed by atoms with Gasteiger partial charge in [0.05, 0.1) is 5.02 Å². The first kappa shape index (κ1) is 14.1. The van der Waals surface area contributed by atoms with Gasteiger partial charge in [0.1, 0.15) is 11.6 Å². The highest BCUT2D eigenvalue weighted by atomic mass is 35.5. The zero-order chi connectivity index (χ0) is 13.0. The summed E-state index contributed by atoms with van der Waals surface area (Å²) in [6.45, 7) is 4.20. The van der Waals surface area contributed by atoms with Gasteiger partial charge in [0.25, 0.3) is 0 Å². The number of nitrogens with two attached hydrogens (primary N) is 1. The third-order valence-electron chi connectivity index (χ3n) is 2.87. The van der Waals surface area contributed by atoms with Crippen LogP contribution in [0.2, 0.25) is 5.02 Å². The molecule has 0 heterocycles. The summed E-state index contributed by atoms with van der Waals surface area (Å²) in [4.78, 5) is 12.0. The molecule has 1 aromatic rings. The van der Waals surface area contributed by atoms with Gasteiger partial charge < -0.3 is 5.73 Å². The normalized spacial score (nSPS) is 12.8. The molecule has 0 saturated heterocycles. The molecule has 94 valence electrons. The number of carbonyl (C=O) groups excluding carboxylic acids is 1. The van der Waals surface area contributed by atoms with Crippen molar-refractivity contribution in [1.29, 1.82) is 0 Å². The Morgan fingerprint density at radius 2 is 2.12 bits per heavy atom. The van der Waals surface area contributed by atoms with Crippen molar-refractivity contribution in [3.63, 3.8) is 0 Å². The molecule has 1 unspecified atom stereocenters. The molecule has 17 heavy (non-hydrogen) atoms. The summed E-state index contributed by atoms with van der Waals surface area (Å²) in [5.74, 6) is -0.505. The van der Waals surface area contributed by atoms with Gasteiger partial charge in [-0.2, -0.15) is 0 Å². The van der Waals surface area contributed by atoms with E-state index in [0.29, 0.717) is 12.1 Å².